The first-order valence-electron chi connectivity index (χ1n) is 6.00. The molecule has 0 radical (unpaired) electrons. The average molecular weight is 242 g/mol. The van der Waals surface area contributed by atoms with E-state index in [4.69, 9.17) is 0 Å². The lowest BCUT2D eigenvalue weighted by atomic mass is 10.3. The number of carbonyl (C=O) groups excluding carboxylic acids is 1. The normalized spacial score (nSPS) is 14.2. The van der Waals surface area contributed by atoms with Crippen LogP contribution >= 0.6 is 0 Å². The van der Waals surface area contributed by atoms with Crippen LogP contribution < -0.4 is 10.6 Å². The van der Waals surface area contributed by atoms with Crippen molar-refractivity contribution in [2.24, 2.45) is 0 Å². The topological polar surface area (TPSA) is 59.0 Å². The highest BCUT2D eigenvalue weighted by molar-refractivity contribution is 5.88. The molecule has 2 aromatic rings. The summed E-state index contributed by atoms with van der Waals surface area (Å²) in [6.45, 7) is 0. The van der Waals surface area contributed by atoms with Gasteiger partial charge < -0.3 is 5.32 Å². The van der Waals surface area contributed by atoms with Crippen molar-refractivity contribution in [2.75, 3.05) is 5.32 Å². The molecule has 1 aliphatic rings. The number of rotatable bonds is 3. The molecule has 92 valence electrons. The van der Waals surface area contributed by atoms with Crippen LogP contribution in [-0.4, -0.2) is 21.9 Å². The molecule has 1 saturated carbocycles. The molecule has 1 aliphatic carbocycles. The van der Waals surface area contributed by atoms with Gasteiger partial charge in [-0.05, 0) is 25.0 Å². The molecule has 0 atom stereocenters. The van der Waals surface area contributed by atoms with E-state index in [1.54, 1.807) is 10.7 Å². The molecule has 3 rings (SSSR count). The predicted molar refractivity (Wildman–Crippen MR) is 68.7 cm³/mol. The standard InChI is InChI=1S/C13H14N4O/c18-13(14-10-6-7-10)15-12-8-9-17(16-12)11-4-2-1-3-5-11/h1-5,8-10H,6-7H2,(H2,14,15,16,18). The molecule has 5 nitrogen and oxygen atoms in total. The number of para-hydroxylation sites is 1. The van der Waals surface area contributed by atoms with E-state index in [0.29, 0.717) is 11.9 Å². The van der Waals surface area contributed by atoms with Crippen molar-refractivity contribution in [3.8, 4) is 5.69 Å². The van der Waals surface area contributed by atoms with Gasteiger partial charge in [0, 0.05) is 18.3 Å². The van der Waals surface area contributed by atoms with Crippen LogP contribution in [0.25, 0.3) is 5.69 Å². The van der Waals surface area contributed by atoms with Crippen molar-refractivity contribution in [3.63, 3.8) is 0 Å². The molecule has 2 amide bonds. The van der Waals surface area contributed by atoms with E-state index in [1.807, 2.05) is 36.5 Å². The minimum Gasteiger partial charge on any atom is -0.335 e. The Hall–Kier alpha value is -2.30. The summed E-state index contributed by atoms with van der Waals surface area (Å²) in [7, 11) is 0. The van der Waals surface area contributed by atoms with E-state index in [9.17, 15) is 4.79 Å². The van der Waals surface area contributed by atoms with Crippen LogP contribution in [0.5, 0.6) is 0 Å². The zero-order chi connectivity index (χ0) is 12.4. The number of hydrogen-bond acceptors (Lipinski definition) is 2. The number of nitrogens with zero attached hydrogens (tertiary/aromatic N) is 2. The number of nitrogens with one attached hydrogen (secondary N) is 2. The number of anilines is 1. The van der Waals surface area contributed by atoms with Gasteiger partial charge in [0.1, 0.15) is 0 Å². The van der Waals surface area contributed by atoms with Gasteiger partial charge in [0.2, 0.25) is 0 Å². The molecule has 2 N–H and O–H groups in total. The van der Waals surface area contributed by atoms with Crippen LogP contribution in [0.4, 0.5) is 10.6 Å². The quantitative estimate of drug-likeness (QED) is 0.866. The first-order valence-corrected chi connectivity index (χ1v) is 6.00. The van der Waals surface area contributed by atoms with E-state index in [0.717, 1.165) is 18.5 Å². The average Bonchev–Trinajstić information content (AvgIpc) is 3.06. The predicted octanol–water partition coefficient (Wildman–Crippen LogP) is 2.16. The maximum absolute atomic E-state index is 11.5. The minimum atomic E-state index is -0.184. The van der Waals surface area contributed by atoms with Gasteiger partial charge in [-0.1, -0.05) is 18.2 Å². The highest BCUT2D eigenvalue weighted by Crippen LogP contribution is 2.18. The molecule has 0 bridgehead atoms. The molecule has 1 aromatic heterocycles. The third-order valence-electron chi connectivity index (χ3n) is 2.76. The smallest absolute Gasteiger partial charge is 0.320 e. The number of urea groups is 1. The molecular weight excluding hydrogens is 228 g/mol. The Labute approximate surface area is 105 Å². The second-order valence-corrected chi connectivity index (χ2v) is 4.35. The second kappa shape index (κ2) is 4.52. The summed E-state index contributed by atoms with van der Waals surface area (Å²) in [5.74, 6) is 0.553. The molecule has 0 spiro atoms. The number of benzene rings is 1. The number of hydrogen-bond donors (Lipinski definition) is 2. The molecule has 1 aromatic carbocycles. The van der Waals surface area contributed by atoms with E-state index in [1.165, 1.54) is 0 Å². The minimum absolute atomic E-state index is 0.184. The highest BCUT2D eigenvalue weighted by Gasteiger charge is 2.23. The summed E-state index contributed by atoms with van der Waals surface area (Å²) >= 11 is 0. The van der Waals surface area contributed by atoms with Gasteiger partial charge in [-0.15, -0.1) is 5.10 Å². The molecule has 0 saturated heterocycles. The number of amides is 2. The van der Waals surface area contributed by atoms with Gasteiger partial charge >= 0.3 is 6.03 Å². The third-order valence-corrected chi connectivity index (χ3v) is 2.76. The molecule has 0 unspecified atom stereocenters. The van der Waals surface area contributed by atoms with Crippen molar-refractivity contribution in [2.45, 2.75) is 18.9 Å². The van der Waals surface area contributed by atoms with E-state index in [2.05, 4.69) is 15.7 Å². The summed E-state index contributed by atoms with van der Waals surface area (Å²) in [4.78, 5) is 11.5. The van der Waals surface area contributed by atoms with Crippen LogP contribution in [-0.2, 0) is 0 Å². The van der Waals surface area contributed by atoms with Crippen LogP contribution in [0.1, 0.15) is 12.8 Å². The maximum atomic E-state index is 11.5. The Balaban J connectivity index is 1.67. The molecule has 18 heavy (non-hydrogen) atoms. The van der Waals surface area contributed by atoms with Gasteiger partial charge in [0.15, 0.2) is 5.82 Å². The van der Waals surface area contributed by atoms with Crippen molar-refractivity contribution >= 4 is 11.8 Å². The van der Waals surface area contributed by atoms with Crippen molar-refractivity contribution < 1.29 is 4.79 Å². The summed E-state index contributed by atoms with van der Waals surface area (Å²) < 4.78 is 1.73. The Kier molecular flexibility index (Phi) is 2.72. The van der Waals surface area contributed by atoms with Crippen LogP contribution in [0.3, 0.4) is 0 Å². The fourth-order valence-corrected chi connectivity index (χ4v) is 1.68. The monoisotopic (exact) mass is 242 g/mol. The number of carbonyl (C=O) groups is 1. The lowest BCUT2D eigenvalue weighted by molar-refractivity contribution is 0.251. The lowest BCUT2D eigenvalue weighted by Gasteiger charge is -2.03. The van der Waals surface area contributed by atoms with E-state index in [-0.39, 0.29) is 6.03 Å². The van der Waals surface area contributed by atoms with Crippen LogP contribution in [0.2, 0.25) is 0 Å². The van der Waals surface area contributed by atoms with Crippen molar-refractivity contribution in [1.82, 2.24) is 15.1 Å². The largest absolute Gasteiger partial charge is 0.335 e. The summed E-state index contributed by atoms with van der Waals surface area (Å²) in [5.41, 5.74) is 0.966. The van der Waals surface area contributed by atoms with Gasteiger partial charge in [-0.2, -0.15) is 0 Å². The van der Waals surface area contributed by atoms with E-state index >= 15 is 0 Å². The summed E-state index contributed by atoms with van der Waals surface area (Å²) in [5, 5.41) is 9.87. The SMILES string of the molecule is O=C(Nc1ccn(-c2ccccc2)n1)NC1CC1. The molecule has 0 aliphatic heterocycles. The first kappa shape index (κ1) is 10.8. The van der Waals surface area contributed by atoms with Crippen LogP contribution in [0, 0.1) is 0 Å². The molecule has 1 fully saturated rings. The van der Waals surface area contributed by atoms with Gasteiger partial charge in [-0.3, -0.25) is 5.32 Å². The zero-order valence-electron chi connectivity index (χ0n) is 9.84. The second-order valence-electron chi connectivity index (χ2n) is 4.35. The fraction of sp³-hybridized carbons (Fsp3) is 0.231. The molecular formula is C13H14N4O. The Morgan fingerprint density at radius 2 is 2.00 bits per heavy atom. The lowest BCUT2D eigenvalue weighted by Crippen LogP contribution is -2.30. The van der Waals surface area contributed by atoms with Crippen molar-refractivity contribution in [1.29, 1.82) is 0 Å². The summed E-state index contributed by atoms with van der Waals surface area (Å²) in [6.07, 6.45) is 3.97. The molecule has 1 heterocycles. The van der Waals surface area contributed by atoms with Crippen LogP contribution in [0.15, 0.2) is 42.6 Å². The Morgan fingerprint density at radius 3 is 2.72 bits per heavy atom. The zero-order valence-corrected chi connectivity index (χ0v) is 9.84. The van der Waals surface area contributed by atoms with Gasteiger partial charge in [0.05, 0.1) is 5.69 Å². The maximum Gasteiger partial charge on any atom is 0.320 e. The first-order chi connectivity index (χ1) is 8.81. The fourth-order valence-electron chi connectivity index (χ4n) is 1.68. The molecule has 5 heteroatoms. The highest BCUT2D eigenvalue weighted by atomic mass is 16.2. The summed E-state index contributed by atoms with van der Waals surface area (Å²) in [6, 6.07) is 11.7. The van der Waals surface area contributed by atoms with Gasteiger partial charge in [0.25, 0.3) is 0 Å². The van der Waals surface area contributed by atoms with E-state index < -0.39 is 0 Å². The van der Waals surface area contributed by atoms with Crippen molar-refractivity contribution in [3.05, 3.63) is 42.6 Å². The Bertz CT molecular complexity index is 545. The number of aromatic nitrogens is 2. The Morgan fingerprint density at radius 1 is 1.22 bits per heavy atom. The third kappa shape index (κ3) is 2.51. The van der Waals surface area contributed by atoms with Gasteiger partial charge in [-0.25, -0.2) is 9.48 Å².